The Kier molecular flexibility index (Phi) is 11.8. The predicted molar refractivity (Wildman–Crippen MR) is 70.6 cm³/mol. The van der Waals surface area contributed by atoms with E-state index in [1.54, 1.807) is 0 Å². The van der Waals surface area contributed by atoms with Crippen molar-refractivity contribution in [2.75, 3.05) is 39.5 Å². The Balaban J connectivity index is 3.30. The topological polar surface area (TPSA) is 114 Å². The Bertz CT molecular complexity index is 228. The molecule has 0 aromatic rings. The number of primary amides is 1. The zero-order valence-corrected chi connectivity index (χ0v) is 11.5. The van der Waals surface area contributed by atoms with Gasteiger partial charge in [-0.25, -0.2) is 0 Å². The second-order valence-electron chi connectivity index (χ2n) is 4.27. The molecule has 19 heavy (non-hydrogen) atoms. The largest absolute Gasteiger partial charge is 0.389 e. The summed E-state index contributed by atoms with van der Waals surface area (Å²) in [5.41, 5.74) is 4.87. The standard InChI is InChI=1S/C12H26N2O5/c1-2-3-4-18-5-6-19-9-10(15)7-14-8-11(16)12(13)17/h10-11,14-16H,2-9H2,1H3,(H2,13,17). The number of aliphatic hydroxyl groups excluding tert-OH is 2. The molecule has 0 rings (SSSR count). The van der Waals surface area contributed by atoms with Crippen LogP contribution < -0.4 is 11.1 Å². The maximum absolute atomic E-state index is 10.5. The third-order valence-corrected chi connectivity index (χ3v) is 2.37. The van der Waals surface area contributed by atoms with Crippen molar-refractivity contribution in [3.8, 4) is 0 Å². The molecular weight excluding hydrogens is 252 g/mol. The van der Waals surface area contributed by atoms with Crippen LogP contribution in [0.15, 0.2) is 0 Å². The number of unbranched alkanes of at least 4 members (excludes halogenated alkanes) is 1. The van der Waals surface area contributed by atoms with Crippen molar-refractivity contribution >= 4 is 5.91 Å². The zero-order chi connectivity index (χ0) is 14.5. The number of ether oxygens (including phenoxy) is 2. The molecule has 2 unspecified atom stereocenters. The Morgan fingerprint density at radius 2 is 1.89 bits per heavy atom. The Hall–Kier alpha value is -0.730. The number of carbonyl (C=O) groups is 1. The van der Waals surface area contributed by atoms with Crippen molar-refractivity contribution in [2.24, 2.45) is 5.73 Å². The number of hydrogen-bond donors (Lipinski definition) is 4. The second-order valence-corrected chi connectivity index (χ2v) is 4.27. The molecule has 0 radical (unpaired) electrons. The molecule has 0 aliphatic heterocycles. The fourth-order valence-electron chi connectivity index (χ4n) is 1.23. The summed E-state index contributed by atoms with van der Waals surface area (Å²) in [5.74, 6) is -0.789. The minimum absolute atomic E-state index is 0.0204. The summed E-state index contributed by atoms with van der Waals surface area (Å²) < 4.78 is 10.5. The summed E-state index contributed by atoms with van der Waals surface area (Å²) in [5, 5.41) is 21.3. The predicted octanol–water partition coefficient (Wildman–Crippen LogP) is -1.38. The molecular formula is C12H26N2O5. The molecule has 5 N–H and O–H groups in total. The second kappa shape index (κ2) is 12.3. The molecule has 0 spiro atoms. The fourth-order valence-corrected chi connectivity index (χ4v) is 1.23. The summed E-state index contributed by atoms with van der Waals surface area (Å²) in [7, 11) is 0. The third-order valence-electron chi connectivity index (χ3n) is 2.37. The van der Waals surface area contributed by atoms with Gasteiger partial charge in [0.2, 0.25) is 5.91 Å². The highest BCUT2D eigenvalue weighted by atomic mass is 16.5. The minimum Gasteiger partial charge on any atom is -0.389 e. The lowest BCUT2D eigenvalue weighted by Gasteiger charge is -2.13. The number of nitrogens with two attached hydrogens (primary N) is 1. The van der Waals surface area contributed by atoms with Gasteiger partial charge in [0, 0.05) is 19.7 Å². The maximum atomic E-state index is 10.5. The molecule has 0 aromatic carbocycles. The fraction of sp³-hybridized carbons (Fsp3) is 0.917. The molecule has 114 valence electrons. The molecule has 0 bridgehead atoms. The average molecular weight is 278 g/mol. The van der Waals surface area contributed by atoms with Gasteiger partial charge >= 0.3 is 0 Å². The summed E-state index contributed by atoms with van der Waals surface area (Å²) in [6.07, 6.45) is 0.202. The molecule has 7 nitrogen and oxygen atoms in total. The smallest absolute Gasteiger partial charge is 0.247 e. The van der Waals surface area contributed by atoms with Crippen LogP contribution in [0.1, 0.15) is 19.8 Å². The number of aliphatic hydroxyl groups is 2. The lowest BCUT2D eigenvalue weighted by atomic mass is 10.3. The van der Waals surface area contributed by atoms with Crippen LogP contribution in [0.4, 0.5) is 0 Å². The number of carbonyl (C=O) groups excluding carboxylic acids is 1. The minimum atomic E-state index is -1.24. The van der Waals surface area contributed by atoms with Crippen molar-refractivity contribution in [2.45, 2.75) is 32.0 Å². The van der Waals surface area contributed by atoms with Gasteiger partial charge < -0.3 is 30.7 Å². The molecule has 0 heterocycles. The van der Waals surface area contributed by atoms with Crippen LogP contribution in [-0.2, 0) is 14.3 Å². The van der Waals surface area contributed by atoms with E-state index in [0.717, 1.165) is 19.4 Å². The monoisotopic (exact) mass is 278 g/mol. The summed E-state index contributed by atoms with van der Waals surface area (Å²) in [6, 6.07) is 0. The van der Waals surface area contributed by atoms with Crippen LogP contribution in [-0.4, -0.2) is 67.8 Å². The van der Waals surface area contributed by atoms with Gasteiger partial charge in [-0.1, -0.05) is 13.3 Å². The first kappa shape index (κ1) is 18.3. The summed E-state index contributed by atoms with van der Waals surface area (Å²) in [6.45, 7) is 4.20. The van der Waals surface area contributed by atoms with Gasteiger partial charge in [0.15, 0.2) is 0 Å². The first-order chi connectivity index (χ1) is 9.07. The molecule has 0 saturated carbocycles. The van der Waals surface area contributed by atoms with Crippen LogP contribution >= 0.6 is 0 Å². The Labute approximate surface area is 114 Å². The van der Waals surface area contributed by atoms with E-state index in [0.29, 0.717) is 13.2 Å². The first-order valence-electron chi connectivity index (χ1n) is 6.59. The highest BCUT2D eigenvalue weighted by molar-refractivity contribution is 5.78. The average Bonchev–Trinajstić information content (AvgIpc) is 2.37. The summed E-state index contributed by atoms with van der Waals surface area (Å²) in [4.78, 5) is 10.5. The van der Waals surface area contributed by atoms with Gasteiger partial charge in [-0.3, -0.25) is 4.79 Å². The number of hydrogen-bond acceptors (Lipinski definition) is 6. The lowest BCUT2D eigenvalue weighted by Crippen LogP contribution is -2.41. The molecule has 0 aliphatic carbocycles. The van der Waals surface area contributed by atoms with E-state index in [-0.39, 0.29) is 19.7 Å². The van der Waals surface area contributed by atoms with Gasteiger partial charge in [-0.05, 0) is 6.42 Å². The van der Waals surface area contributed by atoms with E-state index in [1.807, 2.05) is 0 Å². The van der Waals surface area contributed by atoms with E-state index in [4.69, 9.17) is 20.3 Å². The van der Waals surface area contributed by atoms with Gasteiger partial charge in [0.25, 0.3) is 0 Å². The molecule has 1 amide bonds. The maximum Gasteiger partial charge on any atom is 0.247 e. The van der Waals surface area contributed by atoms with E-state index in [9.17, 15) is 9.90 Å². The van der Waals surface area contributed by atoms with E-state index >= 15 is 0 Å². The molecule has 7 heteroatoms. The van der Waals surface area contributed by atoms with Crippen LogP contribution in [0.25, 0.3) is 0 Å². The highest BCUT2D eigenvalue weighted by Crippen LogP contribution is 1.89. The molecule has 2 atom stereocenters. The molecule has 0 fully saturated rings. The van der Waals surface area contributed by atoms with Crippen molar-refractivity contribution in [3.63, 3.8) is 0 Å². The molecule has 0 saturated heterocycles. The van der Waals surface area contributed by atoms with Gasteiger partial charge in [-0.15, -0.1) is 0 Å². The quantitative estimate of drug-likeness (QED) is 0.309. The van der Waals surface area contributed by atoms with Crippen molar-refractivity contribution in [3.05, 3.63) is 0 Å². The van der Waals surface area contributed by atoms with Crippen LogP contribution in [0, 0.1) is 0 Å². The van der Waals surface area contributed by atoms with Crippen molar-refractivity contribution in [1.82, 2.24) is 5.32 Å². The van der Waals surface area contributed by atoms with E-state index < -0.39 is 18.1 Å². The van der Waals surface area contributed by atoms with Gasteiger partial charge in [-0.2, -0.15) is 0 Å². The Morgan fingerprint density at radius 3 is 2.53 bits per heavy atom. The lowest BCUT2D eigenvalue weighted by molar-refractivity contribution is -0.125. The zero-order valence-electron chi connectivity index (χ0n) is 11.5. The van der Waals surface area contributed by atoms with Crippen LogP contribution in [0.5, 0.6) is 0 Å². The number of rotatable bonds is 13. The van der Waals surface area contributed by atoms with Crippen molar-refractivity contribution in [1.29, 1.82) is 0 Å². The van der Waals surface area contributed by atoms with E-state index in [1.165, 1.54) is 0 Å². The number of nitrogens with one attached hydrogen (secondary N) is 1. The Morgan fingerprint density at radius 1 is 1.21 bits per heavy atom. The highest BCUT2D eigenvalue weighted by Gasteiger charge is 2.11. The van der Waals surface area contributed by atoms with Crippen LogP contribution in [0.3, 0.4) is 0 Å². The van der Waals surface area contributed by atoms with Gasteiger partial charge in [0.05, 0.1) is 25.9 Å². The van der Waals surface area contributed by atoms with Crippen LogP contribution in [0.2, 0.25) is 0 Å². The SMILES string of the molecule is CCCCOCCOCC(O)CNCC(O)C(N)=O. The third kappa shape index (κ3) is 12.1. The normalized spacial score (nSPS) is 14.3. The van der Waals surface area contributed by atoms with E-state index in [2.05, 4.69) is 12.2 Å². The summed E-state index contributed by atoms with van der Waals surface area (Å²) >= 11 is 0. The van der Waals surface area contributed by atoms with Crippen molar-refractivity contribution < 1.29 is 24.5 Å². The molecule has 0 aromatic heterocycles. The number of amides is 1. The molecule has 0 aliphatic rings. The first-order valence-corrected chi connectivity index (χ1v) is 6.59. The van der Waals surface area contributed by atoms with Gasteiger partial charge in [0.1, 0.15) is 6.10 Å².